The third-order valence-corrected chi connectivity index (χ3v) is 4.90. The average molecular weight is 379 g/mol. The second-order valence-electron chi connectivity index (χ2n) is 4.78. The van der Waals surface area contributed by atoms with Crippen LogP contribution in [0.25, 0.3) is 10.2 Å². The number of fused-ring (bicyclic) bond motifs is 1. The summed E-state index contributed by atoms with van der Waals surface area (Å²) in [6.45, 7) is 0.0699. The molecule has 0 unspecified atom stereocenters. The molecule has 1 heterocycles. The van der Waals surface area contributed by atoms with Crippen LogP contribution >= 0.6 is 34.5 Å². The van der Waals surface area contributed by atoms with Crippen molar-refractivity contribution >= 4 is 62.0 Å². The minimum Gasteiger partial charge on any atom is -0.352 e. The molecule has 122 valence electrons. The summed E-state index contributed by atoms with van der Waals surface area (Å²) in [6, 6.07) is 13.0. The molecule has 0 aliphatic carbocycles. The highest BCUT2D eigenvalue weighted by Gasteiger charge is 2.05. The Morgan fingerprint density at radius 2 is 2.04 bits per heavy atom. The lowest BCUT2D eigenvalue weighted by Crippen LogP contribution is -2.25. The van der Waals surface area contributed by atoms with Gasteiger partial charge in [0.25, 0.3) is 5.91 Å². The molecule has 0 bridgehead atoms. The molecule has 3 aromatic rings. The largest absolute Gasteiger partial charge is 0.352 e. The fourth-order valence-corrected chi connectivity index (χ4v) is 3.16. The zero-order valence-electron chi connectivity index (χ0n) is 12.3. The Morgan fingerprint density at radius 3 is 2.88 bits per heavy atom. The molecule has 1 aromatic heterocycles. The number of benzene rings is 2. The fraction of sp³-hybridized carbons (Fsp3) is 0.0625. The van der Waals surface area contributed by atoms with Crippen molar-refractivity contribution in [1.29, 1.82) is 0 Å². The van der Waals surface area contributed by atoms with Crippen molar-refractivity contribution in [3.05, 3.63) is 58.1 Å². The minimum absolute atomic E-state index is 0.0699. The molecular weight excluding hydrogens is 367 g/mol. The maximum Gasteiger partial charge on any atom is 0.259 e. The first kappa shape index (κ1) is 16.7. The number of hydrogen-bond acceptors (Lipinski definition) is 5. The van der Waals surface area contributed by atoms with Gasteiger partial charge in [0.15, 0.2) is 5.13 Å². The number of aromatic nitrogens is 1. The minimum atomic E-state index is -0.288. The summed E-state index contributed by atoms with van der Waals surface area (Å²) in [5.41, 5.74) is 3.96. The zero-order valence-corrected chi connectivity index (χ0v) is 14.6. The van der Waals surface area contributed by atoms with E-state index in [1.807, 2.05) is 24.3 Å². The second kappa shape index (κ2) is 7.61. The summed E-state index contributed by atoms with van der Waals surface area (Å²) in [4.78, 5) is 16.2. The monoisotopic (exact) mass is 378 g/mol. The standard InChI is InChI=1S/C16H12Cl2N4OS/c17-11-5-3-4-10(15(11)18)8-20-22-14(23)9-19-16-21-12-6-1-2-7-13(12)24-16/h1-8H,9H2,(H,19,21)(H,22,23)/b20-8-. The van der Waals surface area contributed by atoms with Gasteiger partial charge in [-0.3, -0.25) is 4.79 Å². The van der Waals surface area contributed by atoms with E-state index in [9.17, 15) is 4.79 Å². The molecule has 0 saturated carbocycles. The van der Waals surface area contributed by atoms with Crippen molar-refractivity contribution in [2.75, 3.05) is 11.9 Å². The van der Waals surface area contributed by atoms with E-state index in [-0.39, 0.29) is 12.5 Å². The number of carbonyl (C=O) groups excluding carboxylic acids is 1. The van der Waals surface area contributed by atoms with Gasteiger partial charge in [-0.05, 0) is 18.2 Å². The molecule has 0 fully saturated rings. The fourth-order valence-electron chi connectivity index (χ4n) is 1.94. The lowest BCUT2D eigenvalue weighted by Gasteiger charge is -2.02. The maximum atomic E-state index is 11.8. The first-order chi connectivity index (χ1) is 11.6. The first-order valence-electron chi connectivity index (χ1n) is 6.99. The average Bonchev–Trinajstić information content (AvgIpc) is 3.00. The molecule has 0 atom stereocenters. The molecule has 2 N–H and O–H groups in total. The topological polar surface area (TPSA) is 66.4 Å². The van der Waals surface area contributed by atoms with Crippen molar-refractivity contribution in [2.24, 2.45) is 5.10 Å². The van der Waals surface area contributed by atoms with Gasteiger partial charge in [0.2, 0.25) is 0 Å². The smallest absolute Gasteiger partial charge is 0.259 e. The number of para-hydroxylation sites is 1. The van der Waals surface area contributed by atoms with Gasteiger partial charge >= 0.3 is 0 Å². The van der Waals surface area contributed by atoms with Crippen molar-refractivity contribution in [2.45, 2.75) is 0 Å². The summed E-state index contributed by atoms with van der Waals surface area (Å²) >= 11 is 13.4. The van der Waals surface area contributed by atoms with Gasteiger partial charge in [-0.1, -0.05) is 58.8 Å². The predicted molar refractivity (Wildman–Crippen MR) is 100 cm³/mol. The van der Waals surface area contributed by atoms with E-state index in [0.29, 0.717) is 20.7 Å². The van der Waals surface area contributed by atoms with Crippen LogP contribution in [0.15, 0.2) is 47.6 Å². The van der Waals surface area contributed by atoms with Crippen molar-refractivity contribution in [3.63, 3.8) is 0 Å². The summed E-state index contributed by atoms with van der Waals surface area (Å²) in [5.74, 6) is -0.288. The van der Waals surface area contributed by atoms with Crippen molar-refractivity contribution < 1.29 is 4.79 Å². The van der Waals surface area contributed by atoms with Gasteiger partial charge in [0, 0.05) is 5.56 Å². The zero-order chi connectivity index (χ0) is 16.9. The molecule has 1 amide bonds. The third kappa shape index (κ3) is 4.03. The van der Waals surface area contributed by atoms with Gasteiger partial charge in [0.05, 0.1) is 33.0 Å². The lowest BCUT2D eigenvalue weighted by molar-refractivity contribution is -0.119. The number of thiazole rings is 1. The molecule has 5 nitrogen and oxygen atoms in total. The molecule has 3 rings (SSSR count). The van der Waals surface area contributed by atoms with Crippen LogP contribution in [-0.2, 0) is 4.79 Å². The highest BCUT2D eigenvalue weighted by atomic mass is 35.5. The number of halogens is 2. The van der Waals surface area contributed by atoms with Gasteiger partial charge < -0.3 is 5.32 Å². The highest BCUT2D eigenvalue weighted by Crippen LogP contribution is 2.25. The van der Waals surface area contributed by atoms with E-state index < -0.39 is 0 Å². The summed E-state index contributed by atoms with van der Waals surface area (Å²) in [7, 11) is 0. The molecule has 0 radical (unpaired) electrons. The van der Waals surface area contributed by atoms with Crippen LogP contribution in [-0.4, -0.2) is 23.7 Å². The number of hydrazone groups is 1. The molecule has 0 saturated heterocycles. The number of hydrogen-bond donors (Lipinski definition) is 2. The number of amides is 1. The first-order valence-corrected chi connectivity index (χ1v) is 8.56. The van der Waals surface area contributed by atoms with E-state index in [1.54, 1.807) is 18.2 Å². The Labute approximate surface area is 152 Å². The van der Waals surface area contributed by atoms with Crippen LogP contribution in [0.3, 0.4) is 0 Å². The van der Waals surface area contributed by atoms with Crippen LogP contribution in [0, 0.1) is 0 Å². The number of rotatable bonds is 5. The van der Waals surface area contributed by atoms with Gasteiger partial charge in [-0.15, -0.1) is 0 Å². The number of nitrogens with zero attached hydrogens (tertiary/aromatic N) is 2. The Hall–Kier alpha value is -2.15. The number of carbonyl (C=O) groups is 1. The van der Waals surface area contributed by atoms with Crippen LogP contribution in [0.2, 0.25) is 10.0 Å². The van der Waals surface area contributed by atoms with E-state index in [1.165, 1.54) is 17.6 Å². The van der Waals surface area contributed by atoms with Gasteiger partial charge in [-0.2, -0.15) is 5.10 Å². The molecule has 2 aromatic carbocycles. The number of anilines is 1. The Balaban J connectivity index is 1.54. The van der Waals surface area contributed by atoms with Crippen molar-refractivity contribution in [3.8, 4) is 0 Å². The number of nitrogens with one attached hydrogen (secondary N) is 2. The van der Waals surface area contributed by atoms with Gasteiger partial charge in [0.1, 0.15) is 0 Å². The molecule has 24 heavy (non-hydrogen) atoms. The van der Waals surface area contributed by atoms with E-state index in [2.05, 4.69) is 20.8 Å². The van der Waals surface area contributed by atoms with Crippen LogP contribution in [0.5, 0.6) is 0 Å². The summed E-state index contributed by atoms with van der Waals surface area (Å²) in [6.07, 6.45) is 1.45. The Kier molecular flexibility index (Phi) is 5.30. The van der Waals surface area contributed by atoms with E-state index >= 15 is 0 Å². The van der Waals surface area contributed by atoms with Gasteiger partial charge in [-0.25, -0.2) is 10.4 Å². The highest BCUT2D eigenvalue weighted by molar-refractivity contribution is 7.22. The molecule has 0 aliphatic rings. The summed E-state index contributed by atoms with van der Waals surface area (Å²) < 4.78 is 1.06. The normalized spacial score (nSPS) is 11.1. The Morgan fingerprint density at radius 1 is 1.21 bits per heavy atom. The maximum absolute atomic E-state index is 11.8. The molecule has 0 aliphatic heterocycles. The summed E-state index contributed by atoms with van der Waals surface area (Å²) in [5, 5.41) is 8.37. The van der Waals surface area contributed by atoms with Crippen LogP contribution in [0.4, 0.5) is 5.13 Å². The SMILES string of the molecule is O=C(CNc1nc2ccccc2s1)N/N=C\c1cccc(Cl)c1Cl. The molecular formula is C16H12Cl2N4OS. The third-order valence-electron chi connectivity index (χ3n) is 3.07. The lowest BCUT2D eigenvalue weighted by atomic mass is 10.2. The molecule has 8 heteroatoms. The van der Waals surface area contributed by atoms with Crippen LogP contribution < -0.4 is 10.7 Å². The quantitative estimate of drug-likeness (QED) is 0.517. The molecule has 0 spiro atoms. The van der Waals surface area contributed by atoms with E-state index in [0.717, 1.165) is 10.2 Å². The van der Waals surface area contributed by atoms with Crippen LogP contribution in [0.1, 0.15) is 5.56 Å². The van der Waals surface area contributed by atoms with E-state index in [4.69, 9.17) is 23.2 Å². The predicted octanol–water partition coefficient (Wildman–Crippen LogP) is 4.17. The van der Waals surface area contributed by atoms with Crippen molar-refractivity contribution in [1.82, 2.24) is 10.4 Å². The second-order valence-corrected chi connectivity index (χ2v) is 6.59. The Bertz CT molecular complexity index is 877.